The molecule has 2 aromatic heterocycles. The quantitative estimate of drug-likeness (QED) is 0.199. The van der Waals surface area contributed by atoms with Gasteiger partial charge in [-0.15, -0.1) is 0 Å². The van der Waals surface area contributed by atoms with Crippen molar-refractivity contribution in [1.29, 1.82) is 0 Å². The molecule has 8 rings (SSSR count). The highest BCUT2D eigenvalue weighted by Gasteiger charge is 2.19. The van der Waals surface area contributed by atoms with Gasteiger partial charge in [0.2, 0.25) is 0 Å². The number of hydrogen-bond acceptors (Lipinski definition) is 2. The molecule has 0 saturated heterocycles. The number of benzene rings is 6. The molecule has 0 aliphatic carbocycles. The average molecular weight is 595 g/mol. The van der Waals surface area contributed by atoms with Gasteiger partial charge in [-0.05, 0) is 97.5 Å². The second-order valence-corrected chi connectivity index (χ2v) is 12.2. The van der Waals surface area contributed by atoms with Crippen LogP contribution >= 0.6 is 0 Å². The molecule has 0 N–H and O–H groups in total. The Morgan fingerprint density at radius 2 is 0.761 bits per heavy atom. The Balaban J connectivity index is 1.23. The molecule has 222 valence electrons. The molecule has 0 bridgehead atoms. The minimum atomic E-state index is 1.00. The third-order valence-electron chi connectivity index (χ3n) is 9.10. The standard InChI is InChI=1S/C42H34N4/c1-27-25-39(45-37-21-13-11-19-33(37)41(43-45)31-15-7-5-8-16-31)29(3)23-35(27)36-24-30(4)40(26-28(36)2)46-38-22-14-12-20-34(38)42(44-46)32-17-9-6-10-18-32/h5-26H,1-4H3. The van der Waals surface area contributed by atoms with Gasteiger partial charge >= 0.3 is 0 Å². The summed E-state index contributed by atoms with van der Waals surface area (Å²) >= 11 is 0. The van der Waals surface area contributed by atoms with Crippen molar-refractivity contribution >= 4 is 21.8 Å². The topological polar surface area (TPSA) is 35.6 Å². The Labute approximate surface area is 269 Å². The van der Waals surface area contributed by atoms with Crippen LogP contribution in [0.4, 0.5) is 0 Å². The Morgan fingerprint density at radius 1 is 0.391 bits per heavy atom. The van der Waals surface area contributed by atoms with Gasteiger partial charge in [-0.1, -0.05) is 97.1 Å². The average Bonchev–Trinajstić information content (AvgIpc) is 3.67. The summed E-state index contributed by atoms with van der Waals surface area (Å²) in [5, 5.41) is 12.6. The Bertz CT molecular complexity index is 2220. The summed E-state index contributed by atoms with van der Waals surface area (Å²) < 4.78 is 4.22. The first-order chi connectivity index (χ1) is 22.5. The van der Waals surface area contributed by atoms with Crippen molar-refractivity contribution in [3.63, 3.8) is 0 Å². The van der Waals surface area contributed by atoms with Crippen LogP contribution in [0, 0.1) is 27.7 Å². The maximum Gasteiger partial charge on any atom is 0.101 e. The normalized spacial score (nSPS) is 11.5. The van der Waals surface area contributed by atoms with E-state index < -0.39 is 0 Å². The molecule has 0 aliphatic rings. The van der Waals surface area contributed by atoms with Crippen LogP contribution in [0.5, 0.6) is 0 Å². The lowest BCUT2D eigenvalue weighted by Crippen LogP contribution is -2.03. The number of fused-ring (bicyclic) bond motifs is 2. The van der Waals surface area contributed by atoms with Crippen molar-refractivity contribution in [1.82, 2.24) is 19.6 Å². The smallest absolute Gasteiger partial charge is 0.101 e. The summed E-state index contributed by atoms with van der Waals surface area (Å²) in [6.07, 6.45) is 0. The van der Waals surface area contributed by atoms with Gasteiger partial charge in [0.25, 0.3) is 0 Å². The fraction of sp³-hybridized carbons (Fsp3) is 0.0952. The molecule has 6 aromatic carbocycles. The van der Waals surface area contributed by atoms with E-state index in [1.54, 1.807) is 0 Å². The molecule has 0 atom stereocenters. The van der Waals surface area contributed by atoms with Crippen molar-refractivity contribution in [2.45, 2.75) is 27.7 Å². The molecule has 0 amide bonds. The SMILES string of the molecule is Cc1cc(-n2nc(-c3ccccc3)c3ccccc32)c(C)cc1-c1cc(C)c(-n2nc(-c3ccccc3)c3ccccc32)cc1C. The molecule has 4 heteroatoms. The van der Waals surface area contributed by atoms with Gasteiger partial charge in [-0.2, -0.15) is 10.2 Å². The molecule has 0 fully saturated rings. The molecule has 0 spiro atoms. The van der Waals surface area contributed by atoms with Crippen LogP contribution in [-0.2, 0) is 0 Å². The summed E-state index contributed by atoms with van der Waals surface area (Å²) in [7, 11) is 0. The fourth-order valence-electron chi connectivity index (χ4n) is 6.76. The molecular weight excluding hydrogens is 560 g/mol. The number of aryl methyl sites for hydroxylation is 4. The summed E-state index contributed by atoms with van der Waals surface area (Å²) in [4.78, 5) is 0. The second-order valence-electron chi connectivity index (χ2n) is 12.2. The molecular formula is C42H34N4. The third-order valence-corrected chi connectivity index (χ3v) is 9.10. The first-order valence-electron chi connectivity index (χ1n) is 15.8. The van der Waals surface area contributed by atoms with Crippen molar-refractivity contribution in [3.05, 3.63) is 156 Å². The minimum Gasteiger partial charge on any atom is -0.232 e. The van der Waals surface area contributed by atoms with Crippen LogP contribution in [0.1, 0.15) is 22.3 Å². The molecule has 0 aliphatic heterocycles. The molecule has 0 saturated carbocycles. The monoisotopic (exact) mass is 594 g/mol. The van der Waals surface area contributed by atoms with Crippen LogP contribution in [0.3, 0.4) is 0 Å². The van der Waals surface area contributed by atoms with Gasteiger partial charge in [-0.25, -0.2) is 9.36 Å². The molecule has 0 unspecified atom stereocenters. The molecule has 46 heavy (non-hydrogen) atoms. The molecule has 0 radical (unpaired) electrons. The predicted octanol–water partition coefficient (Wildman–Crippen LogP) is 10.6. The number of hydrogen-bond donors (Lipinski definition) is 0. The van der Waals surface area contributed by atoms with E-state index >= 15 is 0 Å². The predicted molar refractivity (Wildman–Crippen MR) is 191 cm³/mol. The first kappa shape index (κ1) is 27.8. The maximum atomic E-state index is 5.17. The first-order valence-corrected chi connectivity index (χ1v) is 15.8. The van der Waals surface area contributed by atoms with E-state index in [9.17, 15) is 0 Å². The van der Waals surface area contributed by atoms with Crippen LogP contribution in [0.15, 0.2) is 133 Å². The van der Waals surface area contributed by atoms with Crippen molar-refractivity contribution in [2.75, 3.05) is 0 Å². The Kier molecular flexibility index (Phi) is 6.65. The van der Waals surface area contributed by atoms with E-state index in [0.717, 1.165) is 55.7 Å². The Morgan fingerprint density at radius 3 is 1.17 bits per heavy atom. The largest absolute Gasteiger partial charge is 0.232 e. The maximum absolute atomic E-state index is 5.17. The van der Waals surface area contributed by atoms with E-state index in [1.807, 2.05) is 12.1 Å². The highest BCUT2D eigenvalue weighted by atomic mass is 15.3. The van der Waals surface area contributed by atoms with Gasteiger partial charge in [0.15, 0.2) is 0 Å². The van der Waals surface area contributed by atoms with Crippen molar-refractivity contribution < 1.29 is 0 Å². The van der Waals surface area contributed by atoms with Crippen molar-refractivity contribution in [3.8, 4) is 45.0 Å². The second kappa shape index (κ2) is 11.0. The number of para-hydroxylation sites is 2. The van der Waals surface area contributed by atoms with E-state index in [-0.39, 0.29) is 0 Å². The highest BCUT2D eigenvalue weighted by Crippen LogP contribution is 2.37. The molecule has 8 aromatic rings. The highest BCUT2D eigenvalue weighted by molar-refractivity contribution is 5.95. The van der Waals surface area contributed by atoms with Gasteiger partial charge in [0.05, 0.1) is 22.4 Å². The van der Waals surface area contributed by atoms with Gasteiger partial charge in [-0.3, -0.25) is 0 Å². The van der Waals surface area contributed by atoms with Gasteiger partial charge < -0.3 is 0 Å². The van der Waals surface area contributed by atoms with Gasteiger partial charge in [0.1, 0.15) is 11.4 Å². The summed E-state index contributed by atoms with van der Waals surface area (Å²) in [5.74, 6) is 0. The third kappa shape index (κ3) is 4.53. The summed E-state index contributed by atoms with van der Waals surface area (Å²) in [6.45, 7) is 8.79. The lowest BCUT2D eigenvalue weighted by molar-refractivity contribution is 0.903. The summed E-state index contributed by atoms with van der Waals surface area (Å²) in [5.41, 5.74) is 15.9. The Hall–Kier alpha value is -5.74. The zero-order valence-electron chi connectivity index (χ0n) is 26.5. The zero-order valence-corrected chi connectivity index (χ0v) is 26.5. The number of aromatic nitrogens is 4. The number of nitrogens with zero attached hydrogens (tertiary/aromatic N) is 4. The van der Waals surface area contributed by atoms with E-state index in [4.69, 9.17) is 10.2 Å². The van der Waals surface area contributed by atoms with E-state index in [2.05, 4.69) is 158 Å². The fourth-order valence-corrected chi connectivity index (χ4v) is 6.76. The minimum absolute atomic E-state index is 1.00. The number of rotatable bonds is 5. The van der Waals surface area contributed by atoms with Crippen LogP contribution in [0.25, 0.3) is 66.8 Å². The van der Waals surface area contributed by atoms with E-state index in [0.29, 0.717) is 0 Å². The molecule has 4 nitrogen and oxygen atoms in total. The summed E-state index contributed by atoms with van der Waals surface area (Å²) in [6, 6.07) is 47.1. The van der Waals surface area contributed by atoms with Gasteiger partial charge in [0, 0.05) is 21.9 Å². The van der Waals surface area contributed by atoms with Crippen LogP contribution < -0.4 is 0 Å². The zero-order chi connectivity index (χ0) is 31.4. The van der Waals surface area contributed by atoms with Crippen LogP contribution in [-0.4, -0.2) is 19.6 Å². The lowest BCUT2D eigenvalue weighted by atomic mass is 9.92. The van der Waals surface area contributed by atoms with E-state index in [1.165, 1.54) is 33.4 Å². The van der Waals surface area contributed by atoms with Crippen LogP contribution in [0.2, 0.25) is 0 Å². The van der Waals surface area contributed by atoms with Crippen molar-refractivity contribution in [2.24, 2.45) is 0 Å². The molecule has 2 heterocycles. The lowest BCUT2D eigenvalue weighted by Gasteiger charge is -2.17.